The van der Waals surface area contributed by atoms with Crippen LogP contribution in [0.15, 0.2) is 48.5 Å². The van der Waals surface area contributed by atoms with Gasteiger partial charge in [-0.2, -0.15) is 0 Å². The summed E-state index contributed by atoms with van der Waals surface area (Å²) in [4.78, 5) is 10.6. The van der Waals surface area contributed by atoms with E-state index in [1.165, 1.54) is 5.56 Å². The second-order valence-electron chi connectivity index (χ2n) is 4.64. The van der Waals surface area contributed by atoms with E-state index < -0.39 is 5.97 Å². The van der Waals surface area contributed by atoms with Crippen molar-refractivity contribution in [2.45, 2.75) is 26.4 Å². The molecule has 0 saturated carbocycles. The van der Waals surface area contributed by atoms with Crippen LogP contribution in [0.1, 0.15) is 23.6 Å². The summed E-state index contributed by atoms with van der Waals surface area (Å²) in [6, 6.07) is 15.5. The zero-order valence-electron chi connectivity index (χ0n) is 11.5. The Balaban J connectivity index is 1.98. The maximum atomic E-state index is 10.6. The van der Waals surface area contributed by atoms with Crippen LogP contribution >= 0.6 is 0 Å². The first-order valence-electron chi connectivity index (χ1n) is 6.69. The van der Waals surface area contributed by atoms with Crippen molar-refractivity contribution < 1.29 is 14.6 Å². The van der Waals surface area contributed by atoms with Gasteiger partial charge < -0.3 is 9.84 Å². The van der Waals surface area contributed by atoms with Crippen LogP contribution < -0.4 is 4.74 Å². The smallest absolute Gasteiger partial charge is 0.307 e. The number of carbonyl (C=O) groups is 1. The molecule has 0 fully saturated rings. The van der Waals surface area contributed by atoms with E-state index in [2.05, 4.69) is 13.0 Å². The van der Waals surface area contributed by atoms with E-state index in [9.17, 15) is 4.79 Å². The zero-order chi connectivity index (χ0) is 14.4. The fraction of sp³-hybridized carbons (Fsp3) is 0.235. The van der Waals surface area contributed by atoms with Crippen LogP contribution in [0.3, 0.4) is 0 Å². The Morgan fingerprint density at radius 2 is 1.70 bits per heavy atom. The van der Waals surface area contributed by atoms with E-state index in [0.29, 0.717) is 6.61 Å². The summed E-state index contributed by atoms with van der Waals surface area (Å²) < 4.78 is 5.82. The van der Waals surface area contributed by atoms with Crippen LogP contribution in [0.25, 0.3) is 0 Å². The molecule has 0 aliphatic carbocycles. The van der Waals surface area contributed by atoms with Crippen molar-refractivity contribution in [3.63, 3.8) is 0 Å². The van der Waals surface area contributed by atoms with Gasteiger partial charge in [0.25, 0.3) is 0 Å². The monoisotopic (exact) mass is 270 g/mol. The third kappa shape index (κ3) is 3.85. The lowest BCUT2D eigenvalue weighted by molar-refractivity contribution is -0.136. The largest absolute Gasteiger partial charge is 0.489 e. The van der Waals surface area contributed by atoms with Crippen LogP contribution in [0.5, 0.6) is 5.75 Å². The average molecular weight is 270 g/mol. The highest BCUT2D eigenvalue weighted by Gasteiger charge is 2.03. The van der Waals surface area contributed by atoms with E-state index in [1.807, 2.05) is 42.5 Å². The fourth-order valence-electron chi connectivity index (χ4n) is 2.03. The number of aliphatic carboxylic acids is 1. The van der Waals surface area contributed by atoms with Crippen molar-refractivity contribution >= 4 is 5.97 Å². The molecule has 0 unspecified atom stereocenters. The standard InChI is InChI=1S/C17H18O3/c1-2-15-5-3-4-6-16(15)20-12-14-9-7-13(8-10-14)11-17(18)19/h3-10H,2,11-12H2,1H3,(H,18,19). The van der Waals surface area contributed by atoms with Crippen LogP contribution in [-0.4, -0.2) is 11.1 Å². The lowest BCUT2D eigenvalue weighted by Crippen LogP contribution is -2.01. The second-order valence-corrected chi connectivity index (χ2v) is 4.64. The molecule has 3 heteroatoms. The molecule has 0 bridgehead atoms. The molecule has 0 heterocycles. The van der Waals surface area contributed by atoms with E-state index in [-0.39, 0.29) is 6.42 Å². The number of carboxylic acid groups (broad SMARTS) is 1. The quantitative estimate of drug-likeness (QED) is 0.874. The summed E-state index contributed by atoms with van der Waals surface area (Å²) in [7, 11) is 0. The number of rotatable bonds is 6. The number of ether oxygens (including phenoxy) is 1. The van der Waals surface area contributed by atoms with Gasteiger partial charge in [-0.1, -0.05) is 49.4 Å². The highest BCUT2D eigenvalue weighted by Crippen LogP contribution is 2.19. The Morgan fingerprint density at radius 3 is 2.35 bits per heavy atom. The van der Waals surface area contributed by atoms with E-state index >= 15 is 0 Å². The Hall–Kier alpha value is -2.29. The van der Waals surface area contributed by atoms with Crippen LogP contribution in [0.4, 0.5) is 0 Å². The van der Waals surface area contributed by atoms with Gasteiger partial charge in [0, 0.05) is 0 Å². The highest BCUT2D eigenvalue weighted by atomic mass is 16.5. The van der Waals surface area contributed by atoms with E-state index in [1.54, 1.807) is 0 Å². The van der Waals surface area contributed by atoms with Crippen molar-refractivity contribution in [3.05, 3.63) is 65.2 Å². The molecule has 0 aromatic heterocycles. The third-order valence-electron chi connectivity index (χ3n) is 3.13. The van der Waals surface area contributed by atoms with Crippen molar-refractivity contribution in [1.29, 1.82) is 0 Å². The molecule has 20 heavy (non-hydrogen) atoms. The molecule has 0 atom stereocenters. The summed E-state index contributed by atoms with van der Waals surface area (Å²) in [5.74, 6) is 0.0930. The summed E-state index contributed by atoms with van der Waals surface area (Å²) in [5, 5.41) is 8.72. The first kappa shape index (κ1) is 14.1. The molecule has 2 aromatic carbocycles. The van der Waals surface area contributed by atoms with Gasteiger partial charge in [-0.15, -0.1) is 0 Å². The molecule has 0 radical (unpaired) electrons. The maximum Gasteiger partial charge on any atom is 0.307 e. The lowest BCUT2D eigenvalue weighted by Gasteiger charge is -2.10. The second kappa shape index (κ2) is 6.75. The molecule has 2 rings (SSSR count). The van der Waals surface area contributed by atoms with Gasteiger partial charge in [0.15, 0.2) is 0 Å². The predicted molar refractivity (Wildman–Crippen MR) is 77.9 cm³/mol. The molecule has 0 aliphatic heterocycles. The molecule has 0 saturated heterocycles. The van der Waals surface area contributed by atoms with Gasteiger partial charge in [-0.3, -0.25) is 4.79 Å². The SMILES string of the molecule is CCc1ccccc1OCc1ccc(CC(=O)O)cc1. The molecule has 0 aliphatic rings. The maximum absolute atomic E-state index is 10.6. The van der Waals surface area contributed by atoms with Crippen LogP contribution in [-0.2, 0) is 24.2 Å². The number of hydrogen-bond acceptors (Lipinski definition) is 2. The third-order valence-corrected chi connectivity index (χ3v) is 3.13. The Kier molecular flexibility index (Phi) is 4.77. The number of benzene rings is 2. The van der Waals surface area contributed by atoms with Gasteiger partial charge in [-0.25, -0.2) is 0 Å². The van der Waals surface area contributed by atoms with Gasteiger partial charge >= 0.3 is 5.97 Å². The minimum atomic E-state index is -0.814. The first-order valence-corrected chi connectivity index (χ1v) is 6.69. The summed E-state index contributed by atoms with van der Waals surface area (Å²) in [6.07, 6.45) is 0.994. The Bertz CT molecular complexity index is 573. The number of aryl methyl sites for hydroxylation is 1. The minimum absolute atomic E-state index is 0.0554. The predicted octanol–water partition coefficient (Wildman–Crippen LogP) is 3.46. The fourth-order valence-corrected chi connectivity index (χ4v) is 2.03. The lowest BCUT2D eigenvalue weighted by atomic mass is 10.1. The van der Waals surface area contributed by atoms with Crippen molar-refractivity contribution in [1.82, 2.24) is 0 Å². The van der Waals surface area contributed by atoms with Crippen LogP contribution in [0.2, 0.25) is 0 Å². The van der Waals surface area contributed by atoms with Crippen molar-refractivity contribution in [2.24, 2.45) is 0 Å². The molecular weight excluding hydrogens is 252 g/mol. The van der Waals surface area contributed by atoms with Gasteiger partial charge in [0.05, 0.1) is 6.42 Å². The summed E-state index contributed by atoms with van der Waals surface area (Å²) >= 11 is 0. The summed E-state index contributed by atoms with van der Waals surface area (Å²) in [5.41, 5.74) is 3.02. The molecule has 0 spiro atoms. The average Bonchev–Trinajstić information content (AvgIpc) is 2.46. The molecular formula is C17H18O3. The first-order chi connectivity index (χ1) is 9.69. The topological polar surface area (TPSA) is 46.5 Å². The minimum Gasteiger partial charge on any atom is -0.489 e. The van der Waals surface area contributed by atoms with Crippen LogP contribution in [0, 0.1) is 0 Å². The molecule has 104 valence electrons. The zero-order valence-corrected chi connectivity index (χ0v) is 11.5. The highest BCUT2D eigenvalue weighted by molar-refractivity contribution is 5.70. The van der Waals surface area contributed by atoms with E-state index in [4.69, 9.17) is 9.84 Å². The normalized spacial score (nSPS) is 10.2. The van der Waals surface area contributed by atoms with E-state index in [0.717, 1.165) is 23.3 Å². The van der Waals surface area contributed by atoms with Gasteiger partial charge in [0.1, 0.15) is 12.4 Å². The van der Waals surface area contributed by atoms with Gasteiger partial charge in [-0.05, 0) is 29.2 Å². The number of hydrogen-bond donors (Lipinski definition) is 1. The molecule has 3 nitrogen and oxygen atoms in total. The Morgan fingerprint density at radius 1 is 1.05 bits per heavy atom. The molecule has 1 N–H and O–H groups in total. The Labute approximate surface area is 118 Å². The van der Waals surface area contributed by atoms with Crippen molar-refractivity contribution in [3.8, 4) is 5.75 Å². The number of para-hydroxylation sites is 1. The van der Waals surface area contributed by atoms with Crippen molar-refractivity contribution in [2.75, 3.05) is 0 Å². The molecule has 0 amide bonds. The molecule has 2 aromatic rings. The summed E-state index contributed by atoms with van der Waals surface area (Å²) in [6.45, 7) is 2.59. The van der Waals surface area contributed by atoms with Gasteiger partial charge in [0.2, 0.25) is 0 Å². The number of carboxylic acids is 1.